The van der Waals surface area contributed by atoms with E-state index in [1.165, 1.54) is 0 Å². The Labute approximate surface area is 81.2 Å². The number of benzene rings is 1. The number of aliphatic hydroxyl groups excluding tert-OH is 1. The fourth-order valence-electron chi connectivity index (χ4n) is 1.11. The first-order valence-electron chi connectivity index (χ1n) is 4.09. The van der Waals surface area contributed by atoms with Gasteiger partial charge in [0.15, 0.2) is 0 Å². The number of aromatic nitrogens is 2. The summed E-state index contributed by atoms with van der Waals surface area (Å²) in [6.07, 6.45) is 0. The van der Waals surface area contributed by atoms with Gasteiger partial charge >= 0.3 is 0 Å². The van der Waals surface area contributed by atoms with E-state index in [1.807, 2.05) is 6.07 Å². The molecule has 1 aromatic carbocycles. The van der Waals surface area contributed by atoms with Crippen molar-refractivity contribution in [1.29, 1.82) is 0 Å². The van der Waals surface area contributed by atoms with Crippen LogP contribution >= 0.6 is 0 Å². The molecule has 0 fully saturated rings. The van der Waals surface area contributed by atoms with Crippen molar-refractivity contribution in [3.8, 4) is 11.4 Å². The van der Waals surface area contributed by atoms with E-state index in [0.29, 0.717) is 11.4 Å². The molecule has 2 aromatic rings. The number of rotatable bonds is 2. The second kappa shape index (κ2) is 3.59. The fraction of sp³-hybridized carbons (Fsp3) is 0.100. The highest BCUT2D eigenvalue weighted by Gasteiger charge is 2.06. The molecule has 2 rings (SSSR count). The van der Waals surface area contributed by atoms with E-state index in [9.17, 15) is 0 Å². The highest BCUT2D eigenvalue weighted by atomic mass is 16.5. The van der Waals surface area contributed by atoms with Gasteiger partial charge in [-0.2, -0.15) is 4.98 Å². The van der Waals surface area contributed by atoms with Crippen molar-refractivity contribution in [2.24, 2.45) is 0 Å². The van der Waals surface area contributed by atoms with Crippen LogP contribution < -0.4 is 0 Å². The molecule has 14 heavy (non-hydrogen) atoms. The zero-order chi connectivity index (χ0) is 9.97. The van der Waals surface area contributed by atoms with Crippen molar-refractivity contribution in [1.82, 2.24) is 10.1 Å². The molecular formula is C10H8N2O2. The smallest absolute Gasteiger partial charge is 0.252 e. The summed E-state index contributed by atoms with van der Waals surface area (Å²) in [6, 6.07) is 7.14. The summed E-state index contributed by atoms with van der Waals surface area (Å²) >= 11 is 0. The molecule has 2 radical (unpaired) electrons. The standard InChI is InChI=1S/C10H8N2O2/c1-7-3-2-4-8(5-7)10-11-9(6-13)14-12-10/h1-5,13H,6H2. The zero-order valence-electron chi connectivity index (χ0n) is 7.34. The van der Waals surface area contributed by atoms with E-state index < -0.39 is 0 Å². The van der Waals surface area contributed by atoms with E-state index >= 15 is 0 Å². The zero-order valence-corrected chi connectivity index (χ0v) is 7.34. The summed E-state index contributed by atoms with van der Waals surface area (Å²) in [5.74, 6) is 0.628. The van der Waals surface area contributed by atoms with Crippen LogP contribution in [0, 0.1) is 6.92 Å². The second-order valence-electron chi connectivity index (χ2n) is 2.80. The number of hydrogen-bond acceptors (Lipinski definition) is 4. The van der Waals surface area contributed by atoms with Gasteiger partial charge in [0.25, 0.3) is 5.89 Å². The molecule has 0 saturated heterocycles. The lowest BCUT2D eigenvalue weighted by atomic mass is 10.1. The van der Waals surface area contributed by atoms with Crippen LogP contribution in [0.2, 0.25) is 0 Å². The number of aliphatic hydroxyl groups is 1. The first-order chi connectivity index (χ1) is 6.79. The van der Waals surface area contributed by atoms with Crippen LogP contribution in [-0.4, -0.2) is 15.2 Å². The van der Waals surface area contributed by atoms with Crippen molar-refractivity contribution in [3.63, 3.8) is 0 Å². The van der Waals surface area contributed by atoms with Gasteiger partial charge in [0.1, 0.15) is 6.61 Å². The molecule has 0 unspecified atom stereocenters. The van der Waals surface area contributed by atoms with Crippen LogP contribution in [0.1, 0.15) is 11.5 Å². The Balaban J connectivity index is 2.39. The minimum Gasteiger partial charge on any atom is -0.387 e. The minimum atomic E-state index is -0.255. The molecule has 1 heterocycles. The summed E-state index contributed by atoms with van der Waals surface area (Å²) in [7, 11) is 0. The molecule has 1 N–H and O–H groups in total. The average molecular weight is 188 g/mol. The minimum absolute atomic E-state index is 0.197. The van der Waals surface area contributed by atoms with Gasteiger partial charge in [0.2, 0.25) is 5.82 Å². The van der Waals surface area contributed by atoms with E-state index in [-0.39, 0.29) is 12.5 Å². The molecule has 0 spiro atoms. The van der Waals surface area contributed by atoms with Gasteiger partial charge in [-0.15, -0.1) is 0 Å². The highest BCUT2D eigenvalue weighted by Crippen LogP contribution is 2.16. The third-order valence-corrected chi connectivity index (χ3v) is 1.75. The van der Waals surface area contributed by atoms with Crippen LogP contribution in [0.15, 0.2) is 28.8 Å². The Morgan fingerprint density at radius 3 is 2.93 bits per heavy atom. The van der Waals surface area contributed by atoms with Gasteiger partial charge in [-0.05, 0) is 18.6 Å². The van der Waals surface area contributed by atoms with Crippen LogP contribution in [0.3, 0.4) is 0 Å². The molecule has 0 bridgehead atoms. The number of hydrogen-bond donors (Lipinski definition) is 1. The Morgan fingerprint density at radius 1 is 1.43 bits per heavy atom. The van der Waals surface area contributed by atoms with E-state index in [2.05, 4.69) is 10.1 Å². The molecule has 70 valence electrons. The predicted molar refractivity (Wildman–Crippen MR) is 49.1 cm³/mol. The maximum Gasteiger partial charge on any atom is 0.252 e. The average Bonchev–Trinajstić information content (AvgIpc) is 2.66. The van der Waals surface area contributed by atoms with Gasteiger partial charge < -0.3 is 9.63 Å². The van der Waals surface area contributed by atoms with Crippen molar-refractivity contribution in [3.05, 3.63) is 42.6 Å². The Hall–Kier alpha value is -1.68. The normalized spacial score (nSPS) is 10.4. The lowest BCUT2D eigenvalue weighted by Gasteiger charge is -1.94. The van der Waals surface area contributed by atoms with Crippen molar-refractivity contribution in [2.45, 2.75) is 6.61 Å². The molecule has 0 aliphatic heterocycles. The fourth-order valence-corrected chi connectivity index (χ4v) is 1.11. The molecule has 0 atom stereocenters. The van der Waals surface area contributed by atoms with Gasteiger partial charge in [-0.25, -0.2) is 0 Å². The third-order valence-electron chi connectivity index (χ3n) is 1.75. The van der Waals surface area contributed by atoms with E-state index in [4.69, 9.17) is 16.6 Å². The maximum atomic E-state index is 8.73. The highest BCUT2D eigenvalue weighted by molar-refractivity contribution is 5.55. The van der Waals surface area contributed by atoms with Crippen LogP contribution in [0.4, 0.5) is 0 Å². The van der Waals surface area contributed by atoms with Crippen molar-refractivity contribution < 1.29 is 9.63 Å². The van der Waals surface area contributed by atoms with Gasteiger partial charge in [-0.3, -0.25) is 0 Å². The van der Waals surface area contributed by atoms with Crippen LogP contribution in [0.25, 0.3) is 11.4 Å². The summed E-state index contributed by atoms with van der Waals surface area (Å²) in [6.45, 7) is 5.35. The van der Waals surface area contributed by atoms with Crippen LogP contribution in [0.5, 0.6) is 0 Å². The summed E-state index contributed by atoms with van der Waals surface area (Å²) < 4.78 is 4.76. The third kappa shape index (κ3) is 1.65. The summed E-state index contributed by atoms with van der Waals surface area (Å²) in [5.41, 5.74) is 1.41. The van der Waals surface area contributed by atoms with Crippen molar-refractivity contribution >= 4 is 0 Å². The second-order valence-corrected chi connectivity index (χ2v) is 2.80. The summed E-state index contributed by atoms with van der Waals surface area (Å²) in [4.78, 5) is 3.96. The van der Waals surface area contributed by atoms with Gasteiger partial charge in [0.05, 0.1) is 0 Å². The molecule has 1 aromatic heterocycles. The monoisotopic (exact) mass is 188 g/mol. The molecule has 4 heteroatoms. The topological polar surface area (TPSA) is 59.2 Å². The number of nitrogens with zero attached hydrogens (tertiary/aromatic N) is 2. The Bertz CT molecular complexity index is 437. The molecule has 0 aliphatic rings. The first-order valence-corrected chi connectivity index (χ1v) is 4.09. The predicted octanol–water partition coefficient (Wildman–Crippen LogP) is 1.29. The quantitative estimate of drug-likeness (QED) is 0.771. The first kappa shape index (κ1) is 8.90. The lowest BCUT2D eigenvalue weighted by Crippen LogP contribution is -1.84. The summed E-state index contributed by atoms with van der Waals surface area (Å²) in [5, 5.41) is 12.4. The Morgan fingerprint density at radius 2 is 2.29 bits per heavy atom. The van der Waals surface area contributed by atoms with Crippen LogP contribution in [-0.2, 0) is 6.61 Å². The largest absolute Gasteiger partial charge is 0.387 e. The SMILES string of the molecule is [CH]c1cccc(-c2noc(CO)n2)c1. The Kier molecular flexibility index (Phi) is 2.28. The van der Waals surface area contributed by atoms with Gasteiger partial charge in [0, 0.05) is 5.56 Å². The molecular weight excluding hydrogens is 180 g/mol. The lowest BCUT2D eigenvalue weighted by molar-refractivity contribution is 0.222. The van der Waals surface area contributed by atoms with Crippen molar-refractivity contribution in [2.75, 3.05) is 0 Å². The molecule has 4 nitrogen and oxygen atoms in total. The van der Waals surface area contributed by atoms with E-state index in [0.717, 1.165) is 5.56 Å². The molecule has 0 saturated carbocycles. The maximum absolute atomic E-state index is 8.73. The van der Waals surface area contributed by atoms with Gasteiger partial charge in [-0.1, -0.05) is 23.4 Å². The van der Waals surface area contributed by atoms with E-state index in [1.54, 1.807) is 18.2 Å². The molecule has 0 amide bonds. The molecule has 0 aliphatic carbocycles.